The molecule has 1 aliphatic rings. The van der Waals surface area contributed by atoms with Crippen molar-refractivity contribution in [3.05, 3.63) is 63.2 Å². The second kappa shape index (κ2) is 8.44. The van der Waals surface area contributed by atoms with Crippen LogP contribution in [-0.2, 0) is 14.8 Å². The van der Waals surface area contributed by atoms with E-state index in [4.69, 9.17) is 16.3 Å². The van der Waals surface area contributed by atoms with Crippen molar-refractivity contribution in [2.75, 3.05) is 31.6 Å². The molecule has 10 heteroatoms. The topological polar surface area (TPSA) is 102 Å². The number of halogens is 1. The molecule has 0 amide bonds. The smallest absolute Gasteiger partial charge is 0.270 e. The maximum absolute atomic E-state index is 13.1. The van der Waals surface area contributed by atoms with Gasteiger partial charge in [-0.25, -0.2) is 8.42 Å². The summed E-state index contributed by atoms with van der Waals surface area (Å²) in [5, 5.41) is 14.9. The van der Waals surface area contributed by atoms with Gasteiger partial charge in [-0.1, -0.05) is 29.8 Å². The first-order valence-electron chi connectivity index (χ1n) is 8.68. The lowest BCUT2D eigenvalue weighted by Gasteiger charge is -2.27. The lowest BCUT2D eigenvalue weighted by Crippen LogP contribution is -2.40. The second-order valence-corrected chi connectivity index (χ2v) is 8.66. The van der Waals surface area contributed by atoms with Crippen LogP contribution >= 0.6 is 11.6 Å². The summed E-state index contributed by atoms with van der Waals surface area (Å²) in [4.78, 5) is 10.4. The van der Waals surface area contributed by atoms with Crippen LogP contribution < -0.4 is 5.32 Å². The molecule has 3 rings (SSSR count). The quantitative estimate of drug-likeness (QED) is 0.561. The van der Waals surface area contributed by atoms with Gasteiger partial charge in [0, 0.05) is 30.2 Å². The molecule has 28 heavy (non-hydrogen) atoms. The molecule has 0 spiro atoms. The number of benzene rings is 2. The highest BCUT2D eigenvalue weighted by molar-refractivity contribution is 7.89. The molecule has 1 saturated heterocycles. The van der Waals surface area contributed by atoms with Gasteiger partial charge in [-0.15, -0.1) is 0 Å². The maximum atomic E-state index is 13.1. The number of non-ortho nitro benzene ring substituents is 1. The molecule has 2 aromatic rings. The van der Waals surface area contributed by atoms with Crippen LogP contribution in [0.3, 0.4) is 0 Å². The van der Waals surface area contributed by atoms with Crippen molar-refractivity contribution in [3.8, 4) is 0 Å². The van der Waals surface area contributed by atoms with E-state index in [1.807, 2.05) is 19.1 Å². The summed E-state index contributed by atoms with van der Waals surface area (Å²) in [6, 6.07) is 10.7. The second-order valence-electron chi connectivity index (χ2n) is 6.34. The number of ether oxygens (including phenoxy) is 1. The van der Waals surface area contributed by atoms with E-state index >= 15 is 0 Å². The first kappa shape index (κ1) is 20.5. The summed E-state index contributed by atoms with van der Waals surface area (Å²) in [6.45, 7) is 2.81. The van der Waals surface area contributed by atoms with Crippen LogP contribution in [0.4, 0.5) is 11.4 Å². The standard InChI is InChI=1S/C18H20ClN3O5S/c1-13(15-4-2-3-5-16(15)19)20-17-7-6-14(22(23)24)12-18(17)28(25,26)21-8-10-27-11-9-21/h2-7,12-13,20H,8-11H2,1H3. The van der Waals surface area contributed by atoms with Gasteiger partial charge in [0.05, 0.1) is 29.9 Å². The Hall–Kier alpha value is -2.20. The van der Waals surface area contributed by atoms with E-state index in [9.17, 15) is 18.5 Å². The molecule has 1 unspecified atom stereocenters. The number of rotatable bonds is 6. The Bertz CT molecular complexity index is 977. The molecular formula is C18H20ClN3O5S. The van der Waals surface area contributed by atoms with E-state index in [0.717, 1.165) is 11.6 Å². The number of hydrogen-bond donors (Lipinski definition) is 1. The number of hydrogen-bond acceptors (Lipinski definition) is 6. The van der Waals surface area contributed by atoms with Crippen molar-refractivity contribution in [2.24, 2.45) is 0 Å². The van der Waals surface area contributed by atoms with Gasteiger partial charge in [0.25, 0.3) is 5.69 Å². The number of nitrogens with one attached hydrogen (secondary N) is 1. The van der Waals surface area contributed by atoms with Crippen LogP contribution in [0, 0.1) is 10.1 Å². The molecule has 1 aliphatic heterocycles. The minimum atomic E-state index is -3.93. The third-order valence-electron chi connectivity index (χ3n) is 4.51. The van der Waals surface area contributed by atoms with Crippen LogP contribution in [0.25, 0.3) is 0 Å². The monoisotopic (exact) mass is 425 g/mol. The molecular weight excluding hydrogens is 406 g/mol. The fraction of sp³-hybridized carbons (Fsp3) is 0.333. The third kappa shape index (κ3) is 4.27. The zero-order valence-electron chi connectivity index (χ0n) is 15.2. The first-order chi connectivity index (χ1) is 13.3. The largest absolute Gasteiger partial charge is 0.379 e. The minimum absolute atomic E-state index is 0.137. The number of nitro groups is 1. The molecule has 2 aromatic carbocycles. The number of nitro benzene ring substituents is 1. The summed E-state index contributed by atoms with van der Waals surface area (Å²) in [5.74, 6) is 0. The highest BCUT2D eigenvalue weighted by Crippen LogP contribution is 2.33. The predicted molar refractivity (Wildman–Crippen MR) is 106 cm³/mol. The third-order valence-corrected chi connectivity index (χ3v) is 6.79. The Labute approximate surface area is 168 Å². The van der Waals surface area contributed by atoms with Crippen molar-refractivity contribution in [2.45, 2.75) is 17.9 Å². The lowest BCUT2D eigenvalue weighted by atomic mass is 10.1. The number of sulfonamides is 1. The zero-order valence-corrected chi connectivity index (χ0v) is 16.7. The van der Waals surface area contributed by atoms with Gasteiger partial charge in [-0.2, -0.15) is 4.31 Å². The Balaban J connectivity index is 2.01. The van der Waals surface area contributed by atoms with Gasteiger partial charge in [-0.05, 0) is 24.6 Å². The molecule has 1 atom stereocenters. The number of morpholine rings is 1. The molecule has 0 radical (unpaired) electrons. The van der Waals surface area contributed by atoms with Gasteiger partial charge >= 0.3 is 0 Å². The summed E-state index contributed by atoms with van der Waals surface area (Å²) in [6.07, 6.45) is 0. The van der Waals surface area contributed by atoms with E-state index in [1.165, 1.54) is 16.4 Å². The SMILES string of the molecule is CC(Nc1ccc([N+](=O)[O-])cc1S(=O)(=O)N1CCOCC1)c1ccccc1Cl. The zero-order chi connectivity index (χ0) is 20.3. The summed E-state index contributed by atoms with van der Waals surface area (Å²) in [7, 11) is -3.93. The average Bonchev–Trinajstić information content (AvgIpc) is 2.69. The van der Waals surface area contributed by atoms with Crippen LogP contribution in [0.5, 0.6) is 0 Å². The van der Waals surface area contributed by atoms with E-state index < -0.39 is 14.9 Å². The summed E-state index contributed by atoms with van der Waals surface area (Å²) >= 11 is 6.23. The molecule has 150 valence electrons. The summed E-state index contributed by atoms with van der Waals surface area (Å²) in [5.41, 5.74) is 0.782. The van der Waals surface area contributed by atoms with Crippen molar-refractivity contribution in [1.29, 1.82) is 0 Å². The molecule has 1 heterocycles. The lowest BCUT2D eigenvalue weighted by molar-refractivity contribution is -0.385. The Kier molecular flexibility index (Phi) is 6.19. The van der Waals surface area contributed by atoms with E-state index in [-0.39, 0.29) is 48.6 Å². The predicted octanol–water partition coefficient (Wildman–Crippen LogP) is 3.44. The van der Waals surface area contributed by atoms with Gasteiger partial charge in [-0.3, -0.25) is 10.1 Å². The highest BCUT2D eigenvalue weighted by atomic mass is 35.5. The van der Waals surface area contributed by atoms with E-state index in [2.05, 4.69) is 5.32 Å². The fourth-order valence-electron chi connectivity index (χ4n) is 3.02. The molecule has 0 aromatic heterocycles. The molecule has 1 fully saturated rings. The molecule has 0 saturated carbocycles. The van der Waals surface area contributed by atoms with Gasteiger partial charge in [0.15, 0.2) is 0 Å². The van der Waals surface area contributed by atoms with Crippen molar-refractivity contribution < 1.29 is 18.1 Å². The Morgan fingerprint density at radius 3 is 2.54 bits per heavy atom. The molecule has 0 aliphatic carbocycles. The Morgan fingerprint density at radius 2 is 1.89 bits per heavy atom. The average molecular weight is 426 g/mol. The van der Waals surface area contributed by atoms with Crippen LogP contribution in [0.15, 0.2) is 47.4 Å². The van der Waals surface area contributed by atoms with Crippen LogP contribution in [-0.4, -0.2) is 43.9 Å². The van der Waals surface area contributed by atoms with Crippen molar-refractivity contribution in [3.63, 3.8) is 0 Å². The fourth-order valence-corrected chi connectivity index (χ4v) is 4.90. The summed E-state index contributed by atoms with van der Waals surface area (Å²) < 4.78 is 32.8. The van der Waals surface area contributed by atoms with E-state index in [1.54, 1.807) is 12.1 Å². The Morgan fingerprint density at radius 1 is 1.21 bits per heavy atom. The van der Waals surface area contributed by atoms with Gasteiger partial charge in [0.1, 0.15) is 4.90 Å². The number of nitrogens with zero attached hydrogens (tertiary/aromatic N) is 2. The minimum Gasteiger partial charge on any atom is -0.379 e. The van der Waals surface area contributed by atoms with Crippen molar-refractivity contribution >= 4 is 33.0 Å². The van der Waals surface area contributed by atoms with Gasteiger partial charge < -0.3 is 10.1 Å². The molecule has 8 nitrogen and oxygen atoms in total. The first-order valence-corrected chi connectivity index (χ1v) is 10.5. The molecule has 1 N–H and O–H groups in total. The van der Waals surface area contributed by atoms with Crippen molar-refractivity contribution in [1.82, 2.24) is 4.31 Å². The van der Waals surface area contributed by atoms with E-state index in [0.29, 0.717) is 5.02 Å². The van der Waals surface area contributed by atoms with Crippen LogP contribution in [0.1, 0.15) is 18.5 Å². The normalized spacial score (nSPS) is 16.5. The highest BCUT2D eigenvalue weighted by Gasteiger charge is 2.30. The van der Waals surface area contributed by atoms with Crippen LogP contribution in [0.2, 0.25) is 5.02 Å². The van der Waals surface area contributed by atoms with Gasteiger partial charge in [0.2, 0.25) is 10.0 Å². The maximum Gasteiger partial charge on any atom is 0.270 e. The number of anilines is 1. The molecule has 0 bridgehead atoms.